The van der Waals surface area contributed by atoms with E-state index in [0.717, 1.165) is 24.8 Å². The lowest BCUT2D eigenvalue weighted by Gasteiger charge is -2.58. The summed E-state index contributed by atoms with van der Waals surface area (Å²) in [4.78, 5) is 53.1. The molecule has 3 saturated carbocycles. The smallest absolute Gasteiger partial charge is 0.338 e. The molecule has 0 saturated heterocycles. The molecule has 4 aliphatic carbocycles. The second-order valence-electron chi connectivity index (χ2n) is 12.2. The molecule has 39 heavy (non-hydrogen) atoms. The fraction of sp³-hybridized carbons (Fsp3) is 0.567. The Kier molecular flexibility index (Phi) is 6.99. The van der Waals surface area contributed by atoms with E-state index in [1.807, 2.05) is 6.08 Å². The van der Waals surface area contributed by atoms with E-state index in [1.54, 1.807) is 24.3 Å². The first-order valence-corrected chi connectivity index (χ1v) is 13.6. The number of carbonyl (C=O) groups excluding carboxylic acids is 3. The number of rotatable bonds is 7. The van der Waals surface area contributed by atoms with Crippen molar-refractivity contribution in [3.63, 3.8) is 0 Å². The molecule has 9 nitrogen and oxygen atoms in total. The highest BCUT2D eigenvalue weighted by molar-refractivity contribution is 6.01. The number of aliphatic hydroxyl groups is 1. The molecule has 208 valence electrons. The Morgan fingerprint density at radius 3 is 2.77 bits per heavy atom. The number of allylic oxidation sites excluding steroid dienone is 4. The molecule has 1 aromatic carbocycles. The fourth-order valence-electron chi connectivity index (χ4n) is 8.60. The Hall–Kier alpha value is -3.33. The summed E-state index contributed by atoms with van der Waals surface area (Å²) in [5.74, 6) is -0.635. The number of fused-ring (bicyclic) bond motifs is 5. The first-order chi connectivity index (χ1) is 18.4. The predicted molar refractivity (Wildman–Crippen MR) is 140 cm³/mol. The zero-order valence-corrected chi connectivity index (χ0v) is 22.5. The lowest BCUT2D eigenvalue weighted by molar-refractivity contribution is -0.763. The third-order valence-corrected chi connectivity index (χ3v) is 10.0. The van der Waals surface area contributed by atoms with Gasteiger partial charge in [-0.25, -0.2) is 4.79 Å². The summed E-state index contributed by atoms with van der Waals surface area (Å²) in [6.45, 7) is 5.65. The maximum absolute atomic E-state index is 13.6. The molecular formula is C30H35NO8. The number of ether oxygens (including phenoxy) is 1. The maximum atomic E-state index is 13.6. The zero-order valence-electron chi connectivity index (χ0n) is 22.5. The first kappa shape index (κ1) is 27.2. The summed E-state index contributed by atoms with van der Waals surface area (Å²) in [6.07, 6.45) is 7.76. The van der Waals surface area contributed by atoms with Crippen molar-refractivity contribution in [1.82, 2.24) is 0 Å². The summed E-state index contributed by atoms with van der Waals surface area (Å²) in [5.41, 5.74) is 0.935. The Balaban J connectivity index is 1.30. The number of Topliss-reactive ketones (excluding diaryl/α,β-unsaturated/α-hetero) is 1. The number of benzene rings is 1. The van der Waals surface area contributed by atoms with Gasteiger partial charge in [0.15, 0.2) is 18.2 Å². The minimum absolute atomic E-state index is 0.00221. The van der Waals surface area contributed by atoms with Gasteiger partial charge in [0.25, 0.3) is 5.09 Å². The molecule has 0 amide bonds. The van der Waals surface area contributed by atoms with Crippen molar-refractivity contribution in [3.05, 3.63) is 69.3 Å². The molecule has 5 rings (SSSR count). The van der Waals surface area contributed by atoms with Crippen LogP contribution in [0.15, 0.2) is 48.1 Å². The topological polar surface area (TPSA) is 133 Å². The standard InChI is InChI=1S/C30H35NO8/c1-17-11-23-22-8-7-20-13-21(32)9-10-29(20,2)27(22)24(33)14-30(23,3)26(17)25(34)16-38-28(35)19-6-4-5-18(12-19)15-39-31(36)37/h4-6,9-10,12-13,17,22-24,26-27,33H,7-8,11,14-16H2,1-3H3. The monoisotopic (exact) mass is 537 g/mol. The van der Waals surface area contributed by atoms with Gasteiger partial charge in [-0.3, -0.25) is 9.59 Å². The molecule has 0 aliphatic heterocycles. The summed E-state index contributed by atoms with van der Waals surface area (Å²) < 4.78 is 5.41. The van der Waals surface area contributed by atoms with Crippen LogP contribution in [0.1, 0.15) is 62.4 Å². The van der Waals surface area contributed by atoms with E-state index >= 15 is 0 Å². The molecule has 8 atom stereocenters. The van der Waals surface area contributed by atoms with Crippen molar-refractivity contribution in [2.24, 2.45) is 40.4 Å². The highest BCUT2D eigenvalue weighted by Crippen LogP contribution is 2.67. The number of carbonyl (C=O) groups is 3. The van der Waals surface area contributed by atoms with E-state index in [-0.39, 0.29) is 65.3 Å². The van der Waals surface area contributed by atoms with Crippen LogP contribution in [0.25, 0.3) is 0 Å². The van der Waals surface area contributed by atoms with Gasteiger partial charge in [-0.1, -0.05) is 44.6 Å². The molecule has 0 spiro atoms. The molecule has 0 bridgehead atoms. The van der Waals surface area contributed by atoms with Crippen molar-refractivity contribution >= 4 is 17.5 Å². The van der Waals surface area contributed by atoms with Crippen LogP contribution in [0, 0.1) is 50.5 Å². The minimum atomic E-state index is -0.902. The lowest BCUT2D eigenvalue weighted by atomic mass is 9.46. The highest BCUT2D eigenvalue weighted by atomic mass is 16.9. The van der Waals surface area contributed by atoms with Gasteiger partial charge in [-0.15, -0.1) is 10.1 Å². The van der Waals surface area contributed by atoms with Crippen molar-refractivity contribution in [2.45, 2.75) is 59.2 Å². The summed E-state index contributed by atoms with van der Waals surface area (Å²) in [7, 11) is 0. The third-order valence-electron chi connectivity index (χ3n) is 10.0. The van der Waals surface area contributed by atoms with Crippen LogP contribution in [0.5, 0.6) is 0 Å². The van der Waals surface area contributed by atoms with Gasteiger partial charge in [0, 0.05) is 17.3 Å². The predicted octanol–water partition coefficient (Wildman–Crippen LogP) is 4.26. The summed E-state index contributed by atoms with van der Waals surface area (Å²) in [6, 6.07) is 6.14. The Morgan fingerprint density at radius 1 is 1.26 bits per heavy atom. The highest BCUT2D eigenvalue weighted by Gasteiger charge is 2.64. The molecule has 4 aliphatic rings. The molecular weight excluding hydrogens is 502 g/mol. The number of esters is 1. The summed E-state index contributed by atoms with van der Waals surface area (Å²) >= 11 is 0. The van der Waals surface area contributed by atoms with Gasteiger partial charge in [0.2, 0.25) is 0 Å². The van der Waals surface area contributed by atoms with Crippen LogP contribution >= 0.6 is 0 Å². The minimum Gasteiger partial charge on any atom is -0.454 e. The first-order valence-electron chi connectivity index (χ1n) is 13.6. The molecule has 0 radical (unpaired) electrons. The average Bonchev–Trinajstić information content (AvgIpc) is 3.15. The van der Waals surface area contributed by atoms with Gasteiger partial charge >= 0.3 is 5.97 Å². The summed E-state index contributed by atoms with van der Waals surface area (Å²) in [5, 5.41) is 21.1. The van der Waals surface area contributed by atoms with Crippen molar-refractivity contribution in [3.8, 4) is 0 Å². The van der Waals surface area contributed by atoms with Crippen LogP contribution in [0.3, 0.4) is 0 Å². The number of hydrogen-bond acceptors (Lipinski definition) is 8. The fourth-order valence-corrected chi connectivity index (χ4v) is 8.60. The van der Waals surface area contributed by atoms with E-state index in [2.05, 4.69) is 25.6 Å². The Morgan fingerprint density at radius 2 is 2.03 bits per heavy atom. The molecule has 0 heterocycles. The largest absolute Gasteiger partial charge is 0.454 e. The van der Waals surface area contributed by atoms with Crippen LogP contribution in [0.2, 0.25) is 0 Å². The van der Waals surface area contributed by atoms with Crippen molar-refractivity contribution < 1.29 is 34.2 Å². The van der Waals surface area contributed by atoms with Gasteiger partial charge in [-0.05, 0) is 78.7 Å². The molecule has 1 N–H and O–H groups in total. The van der Waals surface area contributed by atoms with Crippen LogP contribution in [-0.2, 0) is 25.8 Å². The van der Waals surface area contributed by atoms with E-state index in [0.29, 0.717) is 12.0 Å². The normalized spacial score (nSPS) is 36.7. The SMILES string of the molecule is CC1CC2C3CCC4=CC(=O)C=CC4(C)C3C(O)CC2(C)C1C(=O)COC(=O)c1cccc(CO[N+](=O)[O-])c1. The van der Waals surface area contributed by atoms with E-state index in [9.17, 15) is 29.6 Å². The van der Waals surface area contributed by atoms with Gasteiger partial charge in [0.05, 0.1) is 11.7 Å². The van der Waals surface area contributed by atoms with Crippen molar-refractivity contribution in [1.29, 1.82) is 0 Å². The average molecular weight is 538 g/mol. The van der Waals surface area contributed by atoms with Gasteiger partial charge in [0.1, 0.15) is 6.61 Å². The van der Waals surface area contributed by atoms with E-state index < -0.39 is 22.6 Å². The van der Waals surface area contributed by atoms with E-state index in [1.165, 1.54) is 12.1 Å². The second kappa shape index (κ2) is 10.0. The van der Waals surface area contributed by atoms with Gasteiger partial charge < -0.3 is 14.7 Å². The molecule has 0 aromatic heterocycles. The Labute approximate surface area is 227 Å². The van der Waals surface area contributed by atoms with Gasteiger partial charge in [-0.2, -0.15) is 0 Å². The number of aliphatic hydroxyl groups excluding tert-OH is 1. The zero-order chi connectivity index (χ0) is 28.1. The second-order valence-corrected chi connectivity index (χ2v) is 12.2. The Bertz CT molecular complexity index is 1270. The number of ketones is 2. The molecule has 3 fully saturated rings. The number of hydrogen-bond donors (Lipinski definition) is 1. The van der Waals surface area contributed by atoms with Crippen LogP contribution < -0.4 is 0 Å². The van der Waals surface area contributed by atoms with E-state index in [4.69, 9.17) is 4.74 Å². The molecule has 1 aromatic rings. The quantitative estimate of drug-likeness (QED) is 0.310. The maximum Gasteiger partial charge on any atom is 0.338 e. The van der Waals surface area contributed by atoms with Crippen LogP contribution in [-0.4, -0.2) is 40.4 Å². The van der Waals surface area contributed by atoms with Crippen LogP contribution in [0.4, 0.5) is 0 Å². The molecule has 8 unspecified atom stereocenters. The third kappa shape index (κ3) is 4.71. The number of nitrogens with zero attached hydrogens (tertiary/aromatic N) is 1. The van der Waals surface area contributed by atoms with Crippen molar-refractivity contribution in [2.75, 3.05) is 6.61 Å². The lowest BCUT2D eigenvalue weighted by Crippen LogP contribution is -2.56. The molecule has 9 heteroatoms.